The molecule has 0 unspecified atom stereocenters. The van der Waals surface area contributed by atoms with E-state index in [0.717, 1.165) is 24.6 Å². The van der Waals surface area contributed by atoms with Gasteiger partial charge in [0, 0.05) is 50.2 Å². The minimum atomic E-state index is 0.552. The molecule has 0 aromatic carbocycles. The minimum Gasteiger partial charge on any atom is -0.334 e. The van der Waals surface area contributed by atoms with Crippen LogP contribution in [0.4, 0.5) is 5.95 Å². The second kappa shape index (κ2) is 4.86. The van der Waals surface area contributed by atoms with E-state index in [4.69, 9.17) is 4.52 Å². The maximum atomic E-state index is 5.41. The number of piperidine rings is 1. The van der Waals surface area contributed by atoms with E-state index in [1.807, 2.05) is 12.1 Å². The zero-order valence-electron chi connectivity index (χ0n) is 11.3. The van der Waals surface area contributed by atoms with E-state index in [-0.39, 0.29) is 0 Å². The number of pyridine rings is 1. The molecule has 2 bridgehead atoms. The molecule has 3 fully saturated rings. The van der Waals surface area contributed by atoms with Crippen LogP contribution in [-0.4, -0.2) is 52.2 Å². The van der Waals surface area contributed by atoms with Gasteiger partial charge in [-0.2, -0.15) is 4.98 Å². The average molecular weight is 271 g/mol. The largest absolute Gasteiger partial charge is 0.334 e. The summed E-state index contributed by atoms with van der Waals surface area (Å²) in [6, 6.07) is 4.32. The van der Waals surface area contributed by atoms with Crippen molar-refractivity contribution < 1.29 is 4.52 Å². The van der Waals surface area contributed by atoms with Crippen LogP contribution in [0, 0.1) is 0 Å². The number of aromatic nitrogens is 3. The van der Waals surface area contributed by atoms with Crippen LogP contribution in [0.15, 0.2) is 29.0 Å². The normalized spacial score (nSPS) is 25.7. The van der Waals surface area contributed by atoms with Crippen molar-refractivity contribution in [2.45, 2.75) is 18.9 Å². The molecule has 0 radical (unpaired) electrons. The van der Waals surface area contributed by atoms with E-state index in [1.165, 1.54) is 25.9 Å². The second-order valence-corrected chi connectivity index (χ2v) is 5.40. The Hall–Kier alpha value is -1.95. The van der Waals surface area contributed by atoms with Gasteiger partial charge in [-0.25, -0.2) is 0 Å². The van der Waals surface area contributed by atoms with Crippen LogP contribution in [0.25, 0.3) is 11.5 Å². The number of hydrogen-bond acceptors (Lipinski definition) is 6. The Balaban J connectivity index is 1.61. The summed E-state index contributed by atoms with van der Waals surface area (Å²) in [7, 11) is 0. The predicted molar refractivity (Wildman–Crippen MR) is 74.3 cm³/mol. The molecule has 2 aromatic rings. The van der Waals surface area contributed by atoms with Crippen molar-refractivity contribution in [2.24, 2.45) is 0 Å². The molecule has 3 saturated heterocycles. The lowest BCUT2D eigenvalue weighted by Gasteiger charge is -2.30. The molecule has 0 aliphatic carbocycles. The highest BCUT2D eigenvalue weighted by atomic mass is 16.5. The Kier molecular flexibility index (Phi) is 2.88. The number of nitrogens with zero attached hydrogens (tertiary/aromatic N) is 5. The number of anilines is 1. The molecular weight excluding hydrogens is 254 g/mol. The van der Waals surface area contributed by atoms with E-state index in [0.29, 0.717) is 11.9 Å². The van der Waals surface area contributed by atoms with Crippen LogP contribution in [0.1, 0.15) is 12.8 Å². The summed E-state index contributed by atoms with van der Waals surface area (Å²) >= 11 is 0. The summed E-state index contributed by atoms with van der Waals surface area (Å²) in [5, 5.41) is 4.18. The highest BCUT2D eigenvalue weighted by Crippen LogP contribution is 2.26. The lowest BCUT2D eigenvalue weighted by Crippen LogP contribution is -2.38. The zero-order chi connectivity index (χ0) is 13.4. The minimum absolute atomic E-state index is 0.552. The molecular formula is C14H17N5O. The fourth-order valence-corrected chi connectivity index (χ4v) is 3.09. The van der Waals surface area contributed by atoms with Gasteiger partial charge in [-0.05, 0) is 30.1 Å². The number of hydrogen-bond donors (Lipinski definition) is 0. The Morgan fingerprint density at radius 1 is 1.05 bits per heavy atom. The predicted octanol–water partition coefficient (Wildman–Crippen LogP) is 1.42. The molecule has 0 atom stereocenters. The lowest BCUT2D eigenvalue weighted by molar-refractivity contribution is 0.250. The fraction of sp³-hybridized carbons (Fsp3) is 0.500. The average Bonchev–Trinajstić information content (AvgIpc) is 2.81. The van der Waals surface area contributed by atoms with E-state index in [9.17, 15) is 0 Å². The molecule has 5 heterocycles. The van der Waals surface area contributed by atoms with E-state index in [2.05, 4.69) is 24.9 Å². The summed E-state index contributed by atoms with van der Waals surface area (Å²) in [6.07, 6.45) is 5.86. The van der Waals surface area contributed by atoms with Gasteiger partial charge in [0.1, 0.15) is 0 Å². The van der Waals surface area contributed by atoms with Crippen LogP contribution in [-0.2, 0) is 0 Å². The van der Waals surface area contributed by atoms with E-state index in [1.54, 1.807) is 12.4 Å². The lowest BCUT2D eigenvalue weighted by atomic mass is 10.1. The topological polar surface area (TPSA) is 58.3 Å². The third kappa shape index (κ3) is 2.06. The van der Waals surface area contributed by atoms with Gasteiger partial charge >= 0.3 is 0 Å². The van der Waals surface area contributed by atoms with E-state index < -0.39 is 0 Å². The van der Waals surface area contributed by atoms with Gasteiger partial charge in [0.25, 0.3) is 11.8 Å². The van der Waals surface area contributed by atoms with E-state index >= 15 is 0 Å². The van der Waals surface area contributed by atoms with Crippen molar-refractivity contribution >= 4 is 5.95 Å². The van der Waals surface area contributed by atoms with Gasteiger partial charge in [-0.15, -0.1) is 0 Å². The molecule has 6 nitrogen and oxygen atoms in total. The van der Waals surface area contributed by atoms with Crippen molar-refractivity contribution in [2.75, 3.05) is 31.1 Å². The SMILES string of the molecule is c1cc(-c2nc(N3CCN4CCC3CC4)no2)ccn1. The van der Waals surface area contributed by atoms with Crippen LogP contribution < -0.4 is 4.90 Å². The molecule has 5 rings (SSSR count). The maximum absolute atomic E-state index is 5.41. The maximum Gasteiger partial charge on any atom is 0.266 e. The molecule has 6 heteroatoms. The van der Waals surface area contributed by atoms with Gasteiger partial charge in [0.05, 0.1) is 0 Å². The summed E-state index contributed by atoms with van der Waals surface area (Å²) in [5.74, 6) is 1.30. The molecule has 3 aliphatic rings. The third-order valence-corrected chi connectivity index (χ3v) is 4.25. The molecule has 0 amide bonds. The quantitative estimate of drug-likeness (QED) is 0.823. The van der Waals surface area contributed by atoms with Crippen LogP contribution in [0.2, 0.25) is 0 Å². The fourth-order valence-electron chi connectivity index (χ4n) is 3.09. The van der Waals surface area contributed by atoms with Crippen molar-refractivity contribution in [3.05, 3.63) is 24.5 Å². The van der Waals surface area contributed by atoms with Gasteiger partial charge < -0.3 is 14.3 Å². The first-order valence-corrected chi connectivity index (χ1v) is 7.13. The highest BCUT2D eigenvalue weighted by Gasteiger charge is 2.31. The van der Waals surface area contributed by atoms with Crippen molar-refractivity contribution in [1.82, 2.24) is 20.0 Å². The van der Waals surface area contributed by atoms with Crippen molar-refractivity contribution in [1.29, 1.82) is 0 Å². The molecule has 3 aliphatic heterocycles. The smallest absolute Gasteiger partial charge is 0.266 e. The Bertz CT molecular complexity index is 576. The van der Waals surface area contributed by atoms with Gasteiger partial charge in [-0.1, -0.05) is 0 Å². The van der Waals surface area contributed by atoms with Gasteiger partial charge in [-0.3, -0.25) is 4.98 Å². The highest BCUT2D eigenvalue weighted by molar-refractivity contribution is 5.53. The first kappa shape index (κ1) is 11.8. The third-order valence-electron chi connectivity index (χ3n) is 4.25. The molecule has 104 valence electrons. The van der Waals surface area contributed by atoms with Gasteiger partial charge in [0.15, 0.2) is 0 Å². The molecule has 0 spiro atoms. The molecule has 2 aromatic heterocycles. The Morgan fingerprint density at radius 2 is 1.85 bits per heavy atom. The summed E-state index contributed by atoms with van der Waals surface area (Å²) < 4.78 is 5.41. The van der Waals surface area contributed by atoms with Crippen molar-refractivity contribution in [3.8, 4) is 11.5 Å². The molecule has 0 N–H and O–H groups in total. The summed E-state index contributed by atoms with van der Waals surface area (Å²) in [4.78, 5) is 13.4. The van der Waals surface area contributed by atoms with Gasteiger partial charge in [0.2, 0.25) is 0 Å². The Morgan fingerprint density at radius 3 is 2.65 bits per heavy atom. The first-order chi connectivity index (χ1) is 9.90. The summed E-state index contributed by atoms with van der Waals surface area (Å²) in [5.41, 5.74) is 0.918. The van der Waals surface area contributed by atoms with Crippen molar-refractivity contribution in [3.63, 3.8) is 0 Å². The molecule has 20 heavy (non-hydrogen) atoms. The van der Waals surface area contributed by atoms with Crippen LogP contribution in [0.3, 0.4) is 0 Å². The second-order valence-electron chi connectivity index (χ2n) is 5.40. The number of rotatable bonds is 2. The number of fused-ring (bicyclic) bond motifs is 4. The first-order valence-electron chi connectivity index (χ1n) is 7.13. The summed E-state index contributed by atoms with van der Waals surface area (Å²) in [6.45, 7) is 4.46. The molecule has 0 saturated carbocycles. The standard InChI is InChI=1S/C14H17N5O/c1-5-15-6-2-11(1)13-16-14(17-20-13)19-10-9-18-7-3-12(19)4-8-18/h1-2,5-6,12H,3-4,7-10H2. The Labute approximate surface area is 117 Å². The monoisotopic (exact) mass is 271 g/mol. The van der Waals surface area contributed by atoms with Crippen LogP contribution in [0.5, 0.6) is 0 Å². The van der Waals surface area contributed by atoms with Crippen LogP contribution >= 0.6 is 0 Å². The zero-order valence-corrected chi connectivity index (χ0v) is 11.3.